The lowest BCUT2D eigenvalue weighted by atomic mass is 10.3. The van der Waals surface area contributed by atoms with Crippen molar-refractivity contribution in [3.8, 4) is 0 Å². The summed E-state index contributed by atoms with van der Waals surface area (Å²) in [4.78, 5) is 13.3. The Bertz CT molecular complexity index is 638. The smallest absolute Gasteiger partial charge is 0.411 e. The Balaban J connectivity index is 2.67. The maximum absolute atomic E-state index is 11.4. The molecule has 0 aliphatic rings. The quantitative estimate of drug-likeness (QED) is 0.395. The highest BCUT2D eigenvalue weighted by molar-refractivity contribution is 7.90. The number of ether oxygens (including phenoxy) is 1. The van der Waals surface area contributed by atoms with Crippen molar-refractivity contribution in [3.05, 3.63) is 34.7 Å². The normalized spacial score (nSPS) is 12.1. The molecule has 21 heavy (non-hydrogen) atoms. The van der Waals surface area contributed by atoms with Gasteiger partial charge in [-0.25, -0.2) is 13.2 Å². The largest absolute Gasteiger partial charge is 0.446 e. The molecule has 0 aromatic heterocycles. The lowest BCUT2D eigenvalue weighted by Gasteiger charge is -2.09. The molecular formula is C10H12N4O6S. The highest BCUT2D eigenvalue weighted by Crippen LogP contribution is 2.16. The average molecular weight is 316 g/mol. The minimum Gasteiger partial charge on any atom is -0.446 e. The number of azide groups is 1. The number of sulfonamides is 1. The Morgan fingerprint density at radius 2 is 2.05 bits per heavy atom. The fourth-order valence-electron chi connectivity index (χ4n) is 1.18. The summed E-state index contributed by atoms with van der Waals surface area (Å²) < 4.78 is 30.0. The summed E-state index contributed by atoms with van der Waals surface area (Å²) in [6.07, 6.45) is -2.06. The van der Waals surface area contributed by atoms with Crippen LogP contribution >= 0.6 is 0 Å². The van der Waals surface area contributed by atoms with Gasteiger partial charge in [0.15, 0.2) is 0 Å². The van der Waals surface area contributed by atoms with Gasteiger partial charge in [0.05, 0.1) is 11.5 Å². The van der Waals surface area contributed by atoms with Crippen LogP contribution in [0.1, 0.15) is 0 Å². The van der Waals surface area contributed by atoms with Crippen molar-refractivity contribution in [3.63, 3.8) is 0 Å². The summed E-state index contributed by atoms with van der Waals surface area (Å²) in [6.45, 7) is -0.926. The summed E-state index contributed by atoms with van der Waals surface area (Å²) in [6, 6.07) is 4.82. The standard InChI is InChI=1S/C10H12N4O6S/c11-13-14-21(18,19)9-3-1-7(2-4-9)12-10(17)20-6-8(16)5-15/h1-4,8,15-16H,5-6H2,(H,12,17). The Hall–Kier alpha value is -2.33. The fraction of sp³-hybridized carbons (Fsp3) is 0.300. The van der Waals surface area contributed by atoms with Crippen molar-refractivity contribution >= 4 is 21.8 Å². The van der Waals surface area contributed by atoms with Gasteiger partial charge in [0, 0.05) is 15.1 Å². The molecule has 0 spiro atoms. The van der Waals surface area contributed by atoms with E-state index in [0.717, 1.165) is 12.1 Å². The number of aliphatic hydroxyl groups is 2. The van der Waals surface area contributed by atoms with Gasteiger partial charge >= 0.3 is 6.09 Å². The number of nitrogens with zero attached hydrogens (tertiary/aromatic N) is 3. The lowest BCUT2D eigenvalue weighted by Crippen LogP contribution is -2.24. The van der Waals surface area contributed by atoms with Crippen molar-refractivity contribution in [2.75, 3.05) is 18.5 Å². The van der Waals surface area contributed by atoms with E-state index in [0.29, 0.717) is 0 Å². The number of amides is 1. The van der Waals surface area contributed by atoms with Crippen LogP contribution in [0.4, 0.5) is 10.5 Å². The molecule has 0 radical (unpaired) electrons. The molecule has 0 fully saturated rings. The number of nitrogens with one attached hydrogen (secondary N) is 1. The van der Waals surface area contributed by atoms with E-state index in [1.165, 1.54) is 12.1 Å². The highest BCUT2D eigenvalue weighted by Gasteiger charge is 2.12. The van der Waals surface area contributed by atoms with E-state index in [1.807, 2.05) is 0 Å². The molecule has 1 unspecified atom stereocenters. The van der Waals surface area contributed by atoms with Crippen molar-refractivity contribution in [1.82, 2.24) is 0 Å². The van der Waals surface area contributed by atoms with Gasteiger partial charge in [0.2, 0.25) is 0 Å². The van der Waals surface area contributed by atoms with E-state index < -0.39 is 28.8 Å². The zero-order valence-electron chi connectivity index (χ0n) is 10.6. The molecule has 1 aromatic rings. The summed E-state index contributed by atoms with van der Waals surface area (Å²) in [5.41, 5.74) is 8.36. The molecule has 1 rings (SSSR count). The number of hydrogen-bond donors (Lipinski definition) is 3. The summed E-state index contributed by atoms with van der Waals surface area (Å²) in [5, 5.41) is 19.8. The number of anilines is 1. The van der Waals surface area contributed by atoms with Crippen molar-refractivity contribution in [2.45, 2.75) is 11.0 Å². The van der Waals surface area contributed by atoms with E-state index in [9.17, 15) is 13.2 Å². The van der Waals surface area contributed by atoms with E-state index in [1.54, 1.807) is 0 Å². The summed E-state index contributed by atoms with van der Waals surface area (Å²) in [7, 11) is -4.08. The molecule has 114 valence electrons. The molecule has 11 heteroatoms. The van der Waals surface area contributed by atoms with Crippen molar-refractivity contribution in [2.24, 2.45) is 4.52 Å². The Labute approximate surface area is 119 Å². The second-order valence-electron chi connectivity index (χ2n) is 3.73. The predicted octanol–water partition coefficient (Wildman–Crippen LogP) is 0.587. The monoisotopic (exact) mass is 316 g/mol. The number of benzene rings is 1. The minimum absolute atomic E-state index is 0.227. The van der Waals surface area contributed by atoms with Crippen LogP contribution in [0, 0.1) is 0 Å². The Morgan fingerprint density at radius 3 is 2.57 bits per heavy atom. The number of carbonyl (C=O) groups is 1. The molecule has 0 aliphatic heterocycles. The third kappa shape index (κ3) is 5.28. The second-order valence-corrected chi connectivity index (χ2v) is 5.32. The van der Waals surface area contributed by atoms with Crippen LogP contribution in [-0.2, 0) is 14.8 Å². The summed E-state index contributed by atoms with van der Waals surface area (Å²) in [5.74, 6) is 0. The van der Waals surface area contributed by atoms with E-state index >= 15 is 0 Å². The highest BCUT2D eigenvalue weighted by atomic mass is 32.2. The topological polar surface area (TPSA) is 162 Å². The zero-order chi connectivity index (χ0) is 15.9. The first kappa shape index (κ1) is 16.7. The Kier molecular flexibility index (Phi) is 5.93. The molecule has 0 bridgehead atoms. The fourth-order valence-corrected chi connectivity index (χ4v) is 1.85. The number of carbonyl (C=O) groups excluding carboxylic acids is 1. The Morgan fingerprint density at radius 1 is 1.43 bits per heavy atom. The van der Waals surface area contributed by atoms with Crippen LogP contribution in [0.3, 0.4) is 0 Å². The molecule has 1 atom stereocenters. The molecular weight excluding hydrogens is 304 g/mol. The van der Waals surface area contributed by atoms with Crippen LogP contribution < -0.4 is 5.32 Å². The second kappa shape index (κ2) is 7.45. The lowest BCUT2D eigenvalue weighted by molar-refractivity contribution is 0.0362. The minimum atomic E-state index is -4.08. The first-order valence-electron chi connectivity index (χ1n) is 5.53. The van der Waals surface area contributed by atoms with Gasteiger partial charge in [-0.05, 0) is 29.8 Å². The van der Waals surface area contributed by atoms with Crippen LogP contribution in [0.5, 0.6) is 0 Å². The molecule has 0 heterocycles. The maximum atomic E-state index is 11.4. The average Bonchev–Trinajstić information content (AvgIpc) is 2.45. The van der Waals surface area contributed by atoms with Gasteiger partial charge in [-0.1, -0.05) is 0 Å². The van der Waals surface area contributed by atoms with E-state index in [2.05, 4.69) is 19.5 Å². The first-order valence-corrected chi connectivity index (χ1v) is 6.97. The van der Waals surface area contributed by atoms with Crippen molar-refractivity contribution in [1.29, 1.82) is 0 Å². The van der Waals surface area contributed by atoms with Crippen LogP contribution in [0.25, 0.3) is 10.4 Å². The number of rotatable bonds is 6. The maximum Gasteiger partial charge on any atom is 0.411 e. The van der Waals surface area contributed by atoms with Gasteiger partial charge in [0.1, 0.15) is 12.7 Å². The predicted molar refractivity (Wildman–Crippen MR) is 70.8 cm³/mol. The molecule has 1 aromatic carbocycles. The van der Waals surface area contributed by atoms with Gasteiger partial charge in [0.25, 0.3) is 10.0 Å². The van der Waals surface area contributed by atoms with Gasteiger partial charge in [-0.3, -0.25) is 5.32 Å². The number of aliphatic hydroxyl groups excluding tert-OH is 2. The van der Waals surface area contributed by atoms with Crippen molar-refractivity contribution < 1.29 is 28.2 Å². The van der Waals surface area contributed by atoms with Crippen LogP contribution in [0.2, 0.25) is 0 Å². The van der Waals surface area contributed by atoms with Crippen LogP contribution in [0.15, 0.2) is 33.7 Å². The third-order valence-electron chi connectivity index (χ3n) is 2.16. The van der Waals surface area contributed by atoms with Gasteiger partial charge in [-0.15, -0.1) is 0 Å². The molecule has 0 saturated heterocycles. The van der Waals surface area contributed by atoms with Crippen LogP contribution in [-0.4, -0.2) is 44.0 Å². The van der Waals surface area contributed by atoms with E-state index in [4.69, 9.17) is 15.7 Å². The number of hydrogen-bond acceptors (Lipinski definition) is 6. The van der Waals surface area contributed by atoms with Gasteiger partial charge < -0.3 is 14.9 Å². The van der Waals surface area contributed by atoms with E-state index in [-0.39, 0.29) is 17.2 Å². The molecule has 3 N–H and O–H groups in total. The SMILES string of the molecule is [N-]=[N+]=NS(=O)(=O)c1ccc(NC(=O)OCC(O)CO)cc1. The zero-order valence-corrected chi connectivity index (χ0v) is 11.4. The molecule has 1 amide bonds. The molecule has 10 nitrogen and oxygen atoms in total. The summed E-state index contributed by atoms with van der Waals surface area (Å²) >= 11 is 0. The molecule has 0 saturated carbocycles. The van der Waals surface area contributed by atoms with Gasteiger partial charge in [-0.2, -0.15) is 0 Å². The third-order valence-corrected chi connectivity index (χ3v) is 3.32. The molecule has 0 aliphatic carbocycles. The first-order chi connectivity index (χ1) is 9.89.